The molecular formula is C24H31N3O4. The van der Waals surface area contributed by atoms with Gasteiger partial charge >= 0.3 is 0 Å². The van der Waals surface area contributed by atoms with Gasteiger partial charge < -0.3 is 20.3 Å². The number of methoxy groups -OCH3 is 1. The number of benzene rings is 2. The van der Waals surface area contributed by atoms with Crippen LogP contribution in [0, 0.1) is 5.92 Å². The van der Waals surface area contributed by atoms with Gasteiger partial charge in [0.2, 0.25) is 5.91 Å². The number of carbonyl (C=O) groups excluding carboxylic acids is 3. The van der Waals surface area contributed by atoms with E-state index in [0.717, 1.165) is 0 Å². The molecule has 0 saturated carbocycles. The Morgan fingerprint density at radius 1 is 0.903 bits per heavy atom. The average Bonchev–Trinajstić information content (AvgIpc) is 2.78. The fourth-order valence-corrected chi connectivity index (χ4v) is 3.11. The molecule has 0 saturated heterocycles. The van der Waals surface area contributed by atoms with Gasteiger partial charge in [-0.3, -0.25) is 14.4 Å². The molecule has 31 heavy (non-hydrogen) atoms. The van der Waals surface area contributed by atoms with E-state index in [-0.39, 0.29) is 23.6 Å². The minimum absolute atomic E-state index is 0.0466. The van der Waals surface area contributed by atoms with Gasteiger partial charge in [-0.2, -0.15) is 0 Å². The number of hydrogen-bond acceptors (Lipinski definition) is 4. The molecule has 0 heterocycles. The third kappa shape index (κ3) is 6.31. The van der Waals surface area contributed by atoms with Gasteiger partial charge in [0, 0.05) is 29.9 Å². The zero-order valence-corrected chi connectivity index (χ0v) is 18.8. The van der Waals surface area contributed by atoms with E-state index < -0.39 is 6.04 Å². The van der Waals surface area contributed by atoms with E-state index in [4.69, 9.17) is 4.74 Å². The molecule has 0 fully saturated rings. The molecule has 7 nitrogen and oxygen atoms in total. The van der Waals surface area contributed by atoms with E-state index in [9.17, 15) is 14.4 Å². The van der Waals surface area contributed by atoms with Crippen LogP contribution in [0.4, 0.5) is 5.69 Å². The number of carbonyl (C=O) groups is 3. The van der Waals surface area contributed by atoms with Crippen molar-refractivity contribution >= 4 is 23.4 Å². The average molecular weight is 426 g/mol. The molecule has 3 amide bonds. The van der Waals surface area contributed by atoms with Gasteiger partial charge in [-0.1, -0.05) is 13.8 Å². The summed E-state index contributed by atoms with van der Waals surface area (Å²) in [5.41, 5.74) is 1.57. The van der Waals surface area contributed by atoms with E-state index in [1.807, 2.05) is 27.7 Å². The first-order chi connectivity index (χ1) is 14.8. The molecule has 0 radical (unpaired) electrons. The first-order valence-electron chi connectivity index (χ1n) is 10.5. The Kier molecular flexibility index (Phi) is 8.61. The first kappa shape index (κ1) is 23.9. The van der Waals surface area contributed by atoms with Gasteiger partial charge in [0.1, 0.15) is 11.8 Å². The van der Waals surface area contributed by atoms with Crippen molar-refractivity contribution in [2.45, 2.75) is 33.7 Å². The van der Waals surface area contributed by atoms with Crippen molar-refractivity contribution in [1.82, 2.24) is 10.2 Å². The van der Waals surface area contributed by atoms with Crippen LogP contribution in [-0.4, -0.2) is 48.9 Å². The second-order valence-corrected chi connectivity index (χ2v) is 7.47. The number of amides is 3. The van der Waals surface area contributed by atoms with Crippen molar-refractivity contribution in [1.29, 1.82) is 0 Å². The van der Waals surface area contributed by atoms with E-state index in [1.165, 1.54) is 0 Å². The number of nitrogens with zero attached hydrogens (tertiary/aromatic N) is 1. The molecule has 0 aromatic heterocycles. The number of anilines is 1. The van der Waals surface area contributed by atoms with Crippen molar-refractivity contribution in [3.8, 4) is 5.75 Å². The molecule has 2 rings (SSSR count). The van der Waals surface area contributed by atoms with Crippen LogP contribution in [-0.2, 0) is 4.79 Å². The Morgan fingerprint density at radius 3 is 1.94 bits per heavy atom. The second-order valence-electron chi connectivity index (χ2n) is 7.47. The molecule has 2 aromatic carbocycles. The van der Waals surface area contributed by atoms with E-state index >= 15 is 0 Å². The third-order valence-electron chi connectivity index (χ3n) is 5.04. The smallest absolute Gasteiger partial charge is 0.253 e. The molecule has 0 bridgehead atoms. The van der Waals surface area contributed by atoms with Crippen LogP contribution in [0.15, 0.2) is 48.5 Å². The van der Waals surface area contributed by atoms with E-state index in [2.05, 4.69) is 10.6 Å². The summed E-state index contributed by atoms with van der Waals surface area (Å²) in [6, 6.07) is 12.7. The Balaban J connectivity index is 2.06. The predicted molar refractivity (Wildman–Crippen MR) is 121 cm³/mol. The van der Waals surface area contributed by atoms with Crippen molar-refractivity contribution in [2.24, 2.45) is 5.92 Å². The van der Waals surface area contributed by atoms with Crippen molar-refractivity contribution in [3.05, 3.63) is 59.7 Å². The lowest BCUT2D eigenvalue weighted by molar-refractivity contribution is -0.118. The first-order valence-corrected chi connectivity index (χ1v) is 10.5. The maximum absolute atomic E-state index is 12.8. The highest BCUT2D eigenvalue weighted by Crippen LogP contribution is 2.15. The van der Waals surface area contributed by atoms with Gasteiger partial charge in [-0.05, 0) is 68.3 Å². The molecule has 0 unspecified atom stereocenters. The quantitative estimate of drug-likeness (QED) is 0.643. The standard InChI is InChI=1S/C24H31N3O4/c1-6-27(7-2)24(30)18-8-12-19(13-9-18)25-23(29)21(16(3)4)26-22(28)17-10-14-20(31-5)15-11-17/h8-16,21H,6-7H2,1-5H3,(H,25,29)(H,26,28)/t21-/m0/s1. The fraction of sp³-hybridized carbons (Fsp3) is 0.375. The minimum atomic E-state index is -0.716. The minimum Gasteiger partial charge on any atom is -0.497 e. The number of nitrogens with one attached hydrogen (secondary N) is 2. The van der Waals surface area contributed by atoms with Gasteiger partial charge in [-0.15, -0.1) is 0 Å². The molecule has 1 atom stereocenters. The second kappa shape index (κ2) is 11.2. The topological polar surface area (TPSA) is 87.7 Å². The highest BCUT2D eigenvalue weighted by molar-refractivity contribution is 6.01. The predicted octanol–water partition coefficient (Wildman–Crippen LogP) is 3.57. The third-order valence-corrected chi connectivity index (χ3v) is 5.04. The van der Waals surface area contributed by atoms with Crippen LogP contribution in [0.25, 0.3) is 0 Å². The summed E-state index contributed by atoms with van der Waals surface area (Å²) in [5, 5.41) is 5.62. The zero-order valence-electron chi connectivity index (χ0n) is 18.8. The van der Waals surface area contributed by atoms with Crippen LogP contribution in [0.5, 0.6) is 5.75 Å². The molecule has 2 aromatic rings. The Labute approximate surface area is 183 Å². The maximum Gasteiger partial charge on any atom is 0.253 e. The van der Waals surface area contributed by atoms with Crippen LogP contribution in [0.3, 0.4) is 0 Å². The molecule has 2 N–H and O–H groups in total. The monoisotopic (exact) mass is 425 g/mol. The Hall–Kier alpha value is -3.35. The van der Waals surface area contributed by atoms with Crippen LogP contribution in [0.2, 0.25) is 0 Å². The Morgan fingerprint density at radius 2 is 1.45 bits per heavy atom. The van der Waals surface area contributed by atoms with Crippen molar-refractivity contribution in [3.63, 3.8) is 0 Å². The van der Waals surface area contributed by atoms with Crippen LogP contribution < -0.4 is 15.4 Å². The molecule has 7 heteroatoms. The highest BCUT2D eigenvalue weighted by atomic mass is 16.5. The summed E-state index contributed by atoms with van der Waals surface area (Å²) in [7, 11) is 1.56. The molecule has 0 aliphatic heterocycles. The summed E-state index contributed by atoms with van der Waals surface area (Å²) in [4.78, 5) is 39.6. The molecule has 166 valence electrons. The number of rotatable bonds is 9. The van der Waals surface area contributed by atoms with Crippen molar-refractivity contribution in [2.75, 3.05) is 25.5 Å². The highest BCUT2D eigenvalue weighted by Gasteiger charge is 2.25. The molecule has 0 aliphatic carbocycles. The lowest BCUT2D eigenvalue weighted by Crippen LogP contribution is -2.47. The summed E-state index contributed by atoms with van der Waals surface area (Å²) in [5.74, 6) is -0.172. The zero-order chi connectivity index (χ0) is 23.0. The van der Waals surface area contributed by atoms with Gasteiger partial charge in [0.05, 0.1) is 7.11 Å². The lowest BCUT2D eigenvalue weighted by atomic mass is 10.0. The fourth-order valence-electron chi connectivity index (χ4n) is 3.11. The van der Waals surface area contributed by atoms with E-state index in [1.54, 1.807) is 60.5 Å². The van der Waals surface area contributed by atoms with Gasteiger partial charge in [-0.25, -0.2) is 0 Å². The van der Waals surface area contributed by atoms with Gasteiger partial charge in [0.25, 0.3) is 11.8 Å². The summed E-state index contributed by atoms with van der Waals surface area (Å²) in [6.07, 6.45) is 0. The Bertz CT molecular complexity index is 888. The summed E-state index contributed by atoms with van der Waals surface area (Å²) >= 11 is 0. The number of ether oxygens (including phenoxy) is 1. The molecular weight excluding hydrogens is 394 g/mol. The maximum atomic E-state index is 12.8. The summed E-state index contributed by atoms with van der Waals surface area (Å²) < 4.78 is 5.10. The summed E-state index contributed by atoms with van der Waals surface area (Å²) in [6.45, 7) is 8.87. The van der Waals surface area contributed by atoms with Crippen LogP contribution >= 0.6 is 0 Å². The van der Waals surface area contributed by atoms with Crippen molar-refractivity contribution < 1.29 is 19.1 Å². The lowest BCUT2D eigenvalue weighted by Gasteiger charge is -2.22. The van der Waals surface area contributed by atoms with Crippen LogP contribution in [0.1, 0.15) is 48.4 Å². The number of hydrogen-bond donors (Lipinski definition) is 2. The SMILES string of the molecule is CCN(CC)C(=O)c1ccc(NC(=O)[C@@H](NC(=O)c2ccc(OC)cc2)C(C)C)cc1. The largest absolute Gasteiger partial charge is 0.497 e. The normalized spacial score (nSPS) is 11.5. The van der Waals surface area contributed by atoms with E-state index in [0.29, 0.717) is 35.7 Å². The molecule has 0 aliphatic rings. The molecule has 0 spiro atoms. The van der Waals surface area contributed by atoms with Gasteiger partial charge in [0.15, 0.2) is 0 Å².